The normalized spacial score (nSPS) is 11.4. The van der Waals surface area contributed by atoms with E-state index in [1.165, 1.54) is 0 Å². The van der Waals surface area contributed by atoms with Crippen molar-refractivity contribution in [2.45, 2.75) is 18.2 Å². The summed E-state index contributed by atoms with van der Waals surface area (Å²) in [5.74, 6) is 0. The third-order valence-electron chi connectivity index (χ3n) is 2.34. The molecule has 2 N–H and O–H groups in total. The molecule has 0 aliphatic heterocycles. The van der Waals surface area contributed by atoms with Crippen LogP contribution in [0.1, 0.15) is 13.3 Å². The molecule has 0 unspecified atom stereocenters. The number of benzene rings is 1. The SMILES string of the molecule is CCCNS(=O)(=O)c1ccccc1NCCOC. The molecule has 6 heteroatoms. The van der Waals surface area contributed by atoms with Gasteiger partial charge in [-0.3, -0.25) is 0 Å². The van der Waals surface area contributed by atoms with Gasteiger partial charge >= 0.3 is 0 Å². The van der Waals surface area contributed by atoms with E-state index >= 15 is 0 Å². The molecule has 1 rings (SSSR count). The highest BCUT2D eigenvalue weighted by Crippen LogP contribution is 2.20. The van der Waals surface area contributed by atoms with Crippen LogP contribution >= 0.6 is 0 Å². The number of anilines is 1. The lowest BCUT2D eigenvalue weighted by Crippen LogP contribution is -2.25. The van der Waals surface area contributed by atoms with Gasteiger partial charge in [-0.1, -0.05) is 19.1 Å². The van der Waals surface area contributed by atoms with Gasteiger partial charge in [0.1, 0.15) is 4.90 Å². The number of hydrogen-bond acceptors (Lipinski definition) is 4. The summed E-state index contributed by atoms with van der Waals surface area (Å²) >= 11 is 0. The highest BCUT2D eigenvalue weighted by Gasteiger charge is 2.16. The Hall–Kier alpha value is -1.11. The van der Waals surface area contributed by atoms with Crippen molar-refractivity contribution in [2.75, 3.05) is 32.1 Å². The molecule has 0 bridgehead atoms. The van der Waals surface area contributed by atoms with Crippen molar-refractivity contribution in [1.82, 2.24) is 4.72 Å². The van der Waals surface area contributed by atoms with Crippen LogP contribution in [0, 0.1) is 0 Å². The maximum Gasteiger partial charge on any atom is 0.242 e. The van der Waals surface area contributed by atoms with Gasteiger partial charge in [-0.15, -0.1) is 0 Å². The summed E-state index contributed by atoms with van der Waals surface area (Å²) in [4.78, 5) is 0.273. The van der Waals surface area contributed by atoms with Gasteiger partial charge in [-0.2, -0.15) is 0 Å². The minimum Gasteiger partial charge on any atom is -0.383 e. The zero-order valence-electron chi connectivity index (χ0n) is 10.8. The third kappa shape index (κ3) is 4.29. The molecule has 1 aromatic carbocycles. The fourth-order valence-corrected chi connectivity index (χ4v) is 2.76. The number of rotatable bonds is 8. The minimum atomic E-state index is -3.44. The van der Waals surface area contributed by atoms with Crippen LogP contribution in [0.2, 0.25) is 0 Å². The molecule has 102 valence electrons. The molecule has 0 radical (unpaired) electrons. The van der Waals surface area contributed by atoms with E-state index in [2.05, 4.69) is 10.0 Å². The fourth-order valence-electron chi connectivity index (χ4n) is 1.45. The summed E-state index contributed by atoms with van der Waals surface area (Å²) in [5, 5.41) is 3.05. The molecule has 1 aromatic rings. The van der Waals surface area contributed by atoms with Crippen LogP contribution in [0.5, 0.6) is 0 Å². The largest absolute Gasteiger partial charge is 0.383 e. The molecular weight excluding hydrogens is 252 g/mol. The summed E-state index contributed by atoms with van der Waals surface area (Å²) in [7, 11) is -1.84. The van der Waals surface area contributed by atoms with Gasteiger partial charge in [0.15, 0.2) is 0 Å². The first-order valence-electron chi connectivity index (χ1n) is 5.93. The lowest BCUT2D eigenvalue weighted by atomic mass is 10.3. The van der Waals surface area contributed by atoms with E-state index < -0.39 is 10.0 Å². The van der Waals surface area contributed by atoms with Gasteiger partial charge < -0.3 is 10.1 Å². The van der Waals surface area contributed by atoms with E-state index in [1.807, 2.05) is 6.92 Å². The molecule has 0 spiro atoms. The maximum absolute atomic E-state index is 12.1. The Balaban J connectivity index is 2.87. The average Bonchev–Trinajstić information content (AvgIpc) is 2.37. The van der Waals surface area contributed by atoms with Gasteiger partial charge in [0.25, 0.3) is 0 Å². The highest BCUT2D eigenvalue weighted by atomic mass is 32.2. The topological polar surface area (TPSA) is 67.4 Å². The summed E-state index contributed by atoms with van der Waals surface area (Å²) in [6.07, 6.45) is 0.762. The van der Waals surface area contributed by atoms with E-state index in [-0.39, 0.29) is 4.90 Å². The number of para-hydroxylation sites is 1. The third-order valence-corrected chi connectivity index (χ3v) is 3.86. The Bertz CT molecular complexity index is 460. The van der Waals surface area contributed by atoms with Gasteiger partial charge in [-0.05, 0) is 18.6 Å². The molecule has 0 aromatic heterocycles. The standard InChI is InChI=1S/C12H20N2O3S/c1-3-8-14-18(15,16)12-7-5-4-6-11(12)13-9-10-17-2/h4-7,13-14H,3,8-10H2,1-2H3. The van der Waals surface area contributed by atoms with Gasteiger partial charge in [0.05, 0.1) is 12.3 Å². The molecule has 0 heterocycles. The first-order valence-corrected chi connectivity index (χ1v) is 7.41. The first kappa shape index (κ1) is 14.9. The smallest absolute Gasteiger partial charge is 0.242 e. The van der Waals surface area contributed by atoms with Gasteiger partial charge in [0, 0.05) is 20.2 Å². The Kier molecular flexibility index (Phi) is 6.11. The van der Waals surface area contributed by atoms with Crippen molar-refractivity contribution in [2.24, 2.45) is 0 Å². The molecule has 0 aliphatic rings. The first-order chi connectivity index (χ1) is 8.61. The molecule has 0 aliphatic carbocycles. The second-order valence-corrected chi connectivity index (χ2v) is 5.55. The van der Waals surface area contributed by atoms with Gasteiger partial charge in [0.2, 0.25) is 10.0 Å². The summed E-state index contributed by atoms with van der Waals surface area (Å²) in [6, 6.07) is 6.85. The van der Waals surface area contributed by atoms with Crippen LogP contribution in [0.3, 0.4) is 0 Å². The van der Waals surface area contributed by atoms with E-state index in [9.17, 15) is 8.42 Å². The van der Waals surface area contributed by atoms with Crippen molar-refractivity contribution in [3.63, 3.8) is 0 Å². The fraction of sp³-hybridized carbons (Fsp3) is 0.500. The number of sulfonamides is 1. The van der Waals surface area contributed by atoms with Crippen LogP contribution < -0.4 is 10.0 Å². The number of nitrogens with one attached hydrogen (secondary N) is 2. The lowest BCUT2D eigenvalue weighted by Gasteiger charge is -2.12. The molecular formula is C12H20N2O3S. The van der Waals surface area contributed by atoms with Crippen molar-refractivity contribution in [3.05, 3.63) is 24.3 Å². The predicted octanol–water partition coefficient (Wildman–Crippen LogP) is 1.43. The van der Waals surface area contributed by atoms with Crippen LogP contribution in [0.15, 0.2) is 29.2 Å². The Morgan fingerprint density at radius 2 is 1.94 bits per heavy atom. The van der Waals surface area contributed by atoms with Crippen LogP contribution in [-0.2, 0) is 14.8 Å². The zero-order chi connectivity index (χ0) is 13.4. The Morgan fingerprint density at radius 1 is 1.22 bits per heavy atom. The summed E-state index contributed by atoms with van der Waals surface area (Å²) < 4.78 is 31.6. The molecule has 0 fully saturated rings. The second kappa shape index (κ2) is 7.35. The summed E-state index contributed by atoms with van der Waals surface area (Å²) in [6.45, 7) is 3.45. The van der Waals surface area contributed by atoms with E-state index in [0.717, 1.165) is 6.42 Å². The van der Waals surface area contributed by atoms with Gasteiger partial charge in [-0.25, -0.2) is 13.1 Å². The predicted molar refractivity (Wildman–Crippen MR) is 72.3 cm³/mol. The van der Waals surface area contributed by atoms with Crippen molar-refractivity contribution in [1.29, 1.82) is 0 Å². The van der Waals surface area contributed by atoms with Crippen LogP contribution in [-0.4, -0.2) is 35.2 Å². The maximum atomic E-state index is 12.1. The number of methoxy groups -OCH3 is 1. The summed E-state index contributed by atoms with van der Waals surface area (Å²) in [5.41, 5.74) is 0.596. The molecule has 0 amide bonds. The molecule has 0 saturated carbocycles. The van der Waals surface area contributed by atoms with Crippen molar-refractivity contribution >= 4 is 15.7 Å². The Labute approximate surface area is 109 Å². The minimum absolute atomic E-state index is 0.273. The van der Waals surface area contributed by atoms with Crippen LogP contribution in [0.25, 0.3) is 0 Å². The van der Waals surface area contributed by atoms with Crippen molar-refractivity contribution in [3.8, 4) is 0 Å². The average molecular weight is 272 g/mol. The van der Waals surface area contributed by atoms with Crippen molar-refractivity contribution < 1.29 is 13.2 Å². The highest BCUT2D eigenvalue weighted by molar-refractivity contribution is 7.89. The van der Waals surface area contributed by atoms with E-state index in [0.29, 0.717) is 25.4 Å². The van der Waals surface area contributed by atoms with Crippen LogP contribution in [0.4, 0.5) is 5.69 Å². The molecule has 18 heavy (non-hydrogen) atoms. The zero-order valence-corrected chi connectivity index (χ0v) is 11.6. The van der Waals surface area contributed by atoms with E-state index in [4.69, 9.17) is 4.74 Å². The lowest BCUT2D eigenvalue weighted by molar-refractivity contribution is 0.210. The van der Waals surface area contributed by atoms with E-state index in [1.54, 1.807) is 31.4 Å². The molecule has 0 saturated heterocycles. The number of ether oxygens (including phenoxy) is 1. The number of hydrogen-bond donors (Lipinski definition) is 2. The second-order valence-electron chi connectivity index (χ2n) is 3.81. The molecule has 5 nitrogen and oxygen atoms in total. The Morgan fingerprint density at radius 3 is 2.61 bits per heavy atom. The monoisotopic (exact) mass is 272 g/mol. The quantitative estimate of drug-likeness (QED) is 0.703. The molecule has 0 atom stereocenters.